The van der Waals surface area contributed by atoms with Gasteiger partial charge >= 0.3 is 5.97 Å². The highest BCUT2D eigenvalue weighted by Gasteiger charge is 2.28. The van der Waals surface area contributed by atoms with Gasteiger partial charge in [0.2, 0.25) is 11.8 Å². The second-order valence-corrected chi connectivity index (χ2v) is 6.44. The molecule has 1 heterocycles. The molecule has 130 valence electrons. The normalized spacial score (nSPS) is 16.5. The van der Waals surface area contributed by atoms with Gasteiger partial charge in [0, 0.05) is 25.0 Å². The average Bonchev–Trinajstić information content (AvgIpc) is 2.54. The SMILES string of the molecule is CC(=O)N[C@@H](CC(=O)N1CCC(C(=O)O)CC1)c1ccc(Cl)cc1. The molecule has 1 fully saturated rings. The molecule has 1 atom stereocenters. The third-order valence-corrected chi connectivity index (χ3v) is 4.48. The summed E-state index contributed by atoms with van der Waals surface area (Å²) in [7, 11) is 0. The number of piperidine rings is 1. The molecule has 0 aliphatic carbocycles. The van der Waals surface area contributed by atoms with E-state index in [4.69, 9.17) is 16.7 Å². The summed E-state index contributed by atoms with van der Waals surface area (Å²) in [6.07, 6.45) is 1.07. The van der Waals surface area contributed by atoms with Crippen LogP contribution in [0.25, 0.3) is 0 Å². The molecule has 1 saturated heterocycles. The van der Waals surface area contributed by atoms with Crippen LogP contribution >= 0.6 is 11.6 Å². The van der Waals surface area contributed by atoms with Crippen molar-refractivity contribution in [3.05, 3.63) is 34.9 Å². The van der Waals surface area contributed by atoms with Gasteiger partial charge in [0.15, 0.2) is 0 Å². The van der Waals surface area contributed by atoms with Crippen LogP contribution < -0.4 is 5.32 Å². The fraction of sp³-hybridized carbons (Fsp3) is 0.471. The van der Waals surface area contributed by atoms with Crippen LogP contribution in [0.5, 0.6) is 0 Å². The van der Waals surface area contributed by atoms with E-state index in [2.05, 4.69) is 5.32 Å². The quantitative estimate of drug-likeness (QED) is 0.850. The van der Waals surface area contributed by atoms with E-state index in [1.54, 1.807) is 29.2 Å². The number of hydrogen-bond donors (Lipinski definition) is 2. The van der Waals surface area contributed by atoms with E-state index in [-0.39, 0.29) is 24.2 Å². The fourth-order valence-electron chi connectivity index (χ4n) is 2.87. The van der Waals surface area contributed by atoms with Crippen molar-refractivity contribution in [1.82, 2.24) is 10.2 Å². The number of rotatable bonds is 5. The number of nitrogens with one attached hydrogen (secondary N) is 1. The molecule has 1 aromatic carbocycles. The Bertz CT molecular complexity index is 610. The van der Waals surface area contributed by atoms with Crippen molar-refractivity contribution < 1.29 is 19.5 Å². The lowest BCUT2D eigenvalue weighted by Crippen LogP contribution is -2.42. The van der Waals surface area contributed by atoms with Crippen molar-refractivity contribution in [2.24, 2.45) is 5.92 Å². The number of amides is 2. The molecule has 2 N–H and O–H groups in total. The van der Waals surface area contributed by atoms with Crippen molar-refractivity contribution in [3.8, 4) is 0 Å². The van der Waals surface area contributed by atoms with E-state index in [0.29, 0.717) is 31.0 Å². The monoisotopic (exact) mass is 352 g/mol. The van der Waals surface area contributed by atoms with Crippen LogP contribution in [0.4, 0.5) is 0 Å². The first-order valence-corrected chi connectivity index (χ1v) is 8.27. The first-order valence-electron chi connectivity index (χ1n) is 7.90. The minimum atomic E-state index is -0.806. The zero-order valence-electron chi connectivity index (χ0n) is 13.5. The summed E-state index contributed by atoms with van der Waals surface area (Å²) in [5.41, 5.74) is 0.809. The van der Waals surface area contributed by atoms with Crippen LogP contribution in [0.3, 0.4) is 0 Å². The highest BCUT2D eigenvalue weighted by molar-refractivity contribution is 6.30. The van der Waals surface area contributed by atoms with Gasteiger partial charge < -0.3 is 15.3 Å². The summed E-state index contributed by atoms with van der Waals surface area (Å²) in [5.74, 6) is -1.49. The predicted molar refractivity (Wildman–Crippen MR) is 89.6 cm³/mol. The number of hydrogen-bond acceptors (Lipinski definition) is 3. The summed E-state index contributed by atoms with van der Waals surface area (Å²) in [4.78, 5) is 36.6. The first-order chi connectivity index (χ1) is 11.4. The van der Waals surface area contributed by atoms with Gasteiger partial charge in [0.25, 0.3) is 0 Å². The largest absolute Gasteiger partial charge is 0.481 e. The van der Waals surface area contributed by atoms with Crippen molar-refractivity contribution in [3.63, 3.8) is 0 Å². The Morgan fingerprint density at radius 2 is 1.83 bits per heavy atom. The molecule has 6 nitrogen and oxygen atoms in total. The molecular weight excluding hydrogens is 332 g/mol. The number of nitrogens with zero attached hydrogens (tertiary/aromatic N) is 1. The van der Waals surface area contributed by atoms with Crippen molar-refractivity contribution in [1.29, 1.82) is 0 Å². The maximum absolute atomic E-state index is 12.5. The maximum Gasteiger partial charge on any atom is 0.306 e. The molecule has 1 aliphatic heterocycles. The van der Waals surface area contributed by atoms with E-state index >= 15 is 0 Å². The molecule has 0 radical (unpaired) electrons. The second-order valence-electron chi connectivity index (χ2n) is 6.00. The van der Waals surface area contributed by atoms with Crippen LogP contribution in [0.1, 0.15) is 37.8 Å². The number of carboxylic acids is 1. The Balaban J connectivity index is 2.01. The molecule has 2 rings (SSSR count). The highest BCUT2D eigenvalue weighted by Crippen LogP contribution is 2.23. The maximum atomic E-state index is 12.5. The van der Waals surface area contributed by atoms with E-state index in [0.717, 1.165) is 5.56 Å². The van der Waals surface area contributed by atoms with Crippen LogP contribution in [0.15, 0.2) is 24.3 Å². The number of carbonyl (C=O) groups excluding carboxylic acids is 2. The van der Waals surface area contributed by atoms with Crippen LogP contribution in [-0.4, -0.2) is 40.9 Å². The summed E-state index contributed by atoms with van der Waals surface area (Å²) in [6.45, 7) is 2.28. The van der Waals surface area contributed by atoms with Gasteiger partial charge in [-0.25, -0.2) is 0 Å². The van der Waals surface area contributed by atoms with Gasteiger partial charge in [-0.2, -0.15) is 0 Å². The van der Waals surface area contributed by atoms with Gasteiger partial charge in [-0.15, -0.1) is 0 Å². The van der Waals surface area contributed by atoms with Gasteiger partial charge in [0.1, 0.15) is 0 Å². The smallest absolute Gasteiger partial charge is 0.306 e. The van der Waals surface area contributed by atoms with E-state index in [1.165, 1.54) is 6.92 Å². The average molecular weight is 353 g/mol. The summed E-state index contributed by atoms with van der Waals surface area (Å²) >= 11 is 5.88. The lowest BCUT2D eigenvalue weighted by Gasteiger charge is -2.31. The Morgan fingerprint density at radius 1 is 1.25 bits per heavy atom. The first kappa shape index (κ1) is 18.3. The van der Waals surface area contributed by atoms with E-state index < -0.39 is 12.0 Å². The minimum Gasteiger partial charge on any atom is -0.481 e. The zero-order chi connectivity index (χ0) is 17.7. The molecule has 0 aromatic heterocycles. The zero-order valence-corrected chi connectivity index (χ0v) is 14.3. The fourth-order valence-corrected chi connectivity index (χ4v) is 3.00. The van der Waals surface area contributed by atoms with Gasteiger partial charge in [-0.3, -0.25) is 14.4 Å². The highest BCUT2D eigenvalue weighted by atomic mass is 35.5. The number of benzene rings is 1. The lowest BCUT2D eigenvalue weighted by molar-refractivity contribution is -0.146. The van der Waals surface area contributed by atoms with Crippen molar-refractivity contribution in [2.45, 2.75) is 32.2 Å². The lowest BCUT2D eigenvalue weighted by atomic mass is 9.96. The Hall–Kier alpha value is -2.08. The predicted octanol–water partition coefficient (Wildman–Crippen LogP) is 2.23. The molecule has 2 amide bonds. The summed E-state index contributed by atoms with van der Waals surface area (Å²) < 4.78 is 0. The third kappa shape index (κ3) is 4.96. The molecule has 1 aromatic rings. The number of carboxylic acid groups (broad SMARTS) is 1. The van der Waals surface area contributed by atoms with Crippen LogP contribution in [-0.2, 0) is 14.4 Å². The molecule has 1 aliphatic rings. The topological polar surface area (TPSA) is 86.7 Å². The van der Waals surface area contributed by atoms with Crippen molar-refractivity contribution >= 4 is 29.4 Å². The Morgan fingerprint density at radius 3 is 2.33 bits per heavy atom. The van der Waals surface area contributed by atoms with Gasteiger partial charge in [-0.05, 0) is 30.5 Å². The van der Waals surface area contributed by atoms with Crippen molar-refractivity contribution in [2.75, 3.05) is 13.1 Å². The second kappa shape index (κ2) is 8.15. The molecule has 7 heteroatoms. The molecular formula is C17H21ClN2O4. The third-order valence-electron chi connectivity index (χ3n) is 4.23. The molecule has 24 heavy (non-hydrogen) atoms. The van der Waals surface area contributed by atoms with E-state index in [9.17, 15) is 14.4 Å². The van der Waals surface area contributed by atoms with Gasteiger partial charge in [0.05, 0.1) is 18.4 Å². The van der Waals surface area contributed by atoms with Gasteiger partial charge in [-0.1, -0.05) is 23.7 Å². The Kier molecular flexibility index (Phi) is 6.20. The van der Waals surface area contributed by atoms with Crippen LogP contribution in [0.2, 0.25) is 5.02 Å². The van der Waals surface area contributed by atoms with Crippen LogP contribution in [0, 0.1) is 5.92 Å². The molecule has 0 unspecified atom stereocenters. The Labute approximate surface area is 145 Å². The standard InChI is InChI=1S/C17H21ClN2O4/c1-11(21)19-15(12-2-4-14(18)5-3-12)10-16(22)20-8-6-13(7-9-20)17(23)24/h2-5,13,15H,6-10H2,1H3,(H,19,21)(H,23,24)/t15-/m0/s1. The molecule has 0 saturated carbocycles. The number of likely N-dealkylation sites (tertiary alicyclic amines) is 1. The number of halogens is 1. The molecule has 0 bridgehead atoms. The molecule has 0 spiro atoms. The summed E-state index contributed by atoms with van der Waals surface area (Å²) in [5, 5.41) is 12.4. The minimum absolute atomic E-state index is 0.0902. The van der Waals surface area contributed by atoms with E-state index in [1.807, 2.05) is 0 Å². The summed E-state index contributed by atoms with van der Waals surface area (Å²) in [6, 6.07) is 6.58. The number of aliphatic carboxylic acids is 1. The number of carbonyl (C=O) groups is 3.